The lowest BCUT2D eigenvalue weighted by atomic mass is 9.97. The molecule has 0 unspecified atom stereocenters. The van der Waals surface area contributed by atoms with E-state index in [-0.39, 0.29) is 17.9 Å². The van der Waals surface area contributed by atoms with Gasteiger partial charge in [-0.3, -0.25) is 9.59 Å². The van der Waals surface area contributed by atoms with Crippen LogP contribution in [0.1, 0.15) is 49.9 Å². The van der Waals surface area contributed by atoms with Crippen molar-refractivity contribution in [3.05, 3.63) is 53.1 Å². The zero-order valence-electron chi connectivity index (χ0n) is 17.8. The zero-order chi connectivity index (χ0) is 22.0. The second-order valence-electron chi connectivity index (χ2n) is 8.52. The molecule has 1 fully saturated rings. The largest absolute Gasteiger partial charge is 0.493 e. The van der Waals surface area contributed by atoms with Gasteiger partial charge >= 0.3 is 0 Å². The number of anilines is 1. The molecular weight excluding hydrogens is 416 g/mol. The first-order valence-electron chi connectivity index (χ1n) is 10.7. The van der Waals surface area contributed by atoms with Crippen LogP contribution >= 0.6 is 11.6 Å². The summed E-state index contributed by atoms with van der Waals surface area (Å²) in [6.45, 7) is 4.73. The van der Waals surface area contributed by atoms with E-state index in [1.165, 1.54) is 0 Å². The van der Waals surface area contributed by atoms with Gasteiger partial charge in [-0.2, -0.15) is 0 Å². The number of carbonyl (C=O) groups is 2. The van der Waals surface area contributed by atoms with Crippen molar-refractivity contribution in [1.82, 2.24) is 4.90 Å². The van der Waals surface area contributed by atoms with Crippen molar-refractivity contribution in [2.75, 3.05) is 18.5 Å². The van der Waals surface area contributed by atoms with Crippen LogP contribution in [0.4, 0.5) is 5.69 Å². The van der Waals surface area contributed by atoms with E-state index in [9.17, 15) is 9.59 Å². The Bertz CT molecular complexity index is 974. The minimum atomic E-state index is -1.13. The number of piperidine rings is 1. The van der Waals surface area contributed by atoms with Crippen LogP contribution in [0, 0.1) is 0 Å². The molecule has 31 heavy (non-hydrogen) atoms. The molecule has 6 nitrogen and oxygen atoms in total. The normalized spacial score (nSPS) is 18.7. The van der Waals surface area contributed by atoms with Crippen LogP contribution in [-0.4, -0.2) is 41.5 Å². The Hall–Kier alpha value is -2.73. The molecule has 0 aliphatic carbocycles. The molecule has 4 rings (SSSR count). The summed E-state index contributed by atoms with van der Waals surface area (Å²) in [5.41, 5.74) is -0.111. The van der Waals surface area contributed by atoms with E-state index in [1.807, 2.05) is 4.90 Å². The quantitative estimate of drug-likeness (QED) is 0.730. The summed E-state index contributed by atoms with van der Waals surface area (Å²) in [6.07, 6.45) is 4.02. The van der Waals surface area contributed by atoms with Crippen LogP contribution in [0.3, 0.4) is 0 Å². The first kappa shape index (κ1) is 21.5. The molecule has 0 bridgehead atoms. The lowest BCUT2D eigenvalue weighted by Gasteiger charge is -2.37. The number of hydrogen-bond acceptors (Lipinski definition) is 4. The van der Waals surface area contributed by atoms with E-state index in [2.05, 4.69) is 5.32 Å². The molecule has 2 aliphatic rings. The molecule has 2 amide bonds. The number of halogens is 1. The van der Waals surface area contributed by atoms with Gasteiger partial charge in [-0.1, -0.05) is 11.6 Å². The van der Waals surface area contributed by atoms with Gasteiger partial charge in [0.05, 0.1) is 12.2 Å². The van der Waals surface area contributed by atoms with Gasteiger partial charge < -0.3 is 19.7 Å². The smallest absolute Gasteiger partial charge is 0.267 e. The SMILES string of the molecule is CC(C)(Oc1ccc(Cl)cc1)C(=O)Nc1ccc2c(c1)C(=O)N1CCCC[C@@H]1CCO2. The molecule has 7 heteroatoms. The summed E-state index contributed by atoms with van der Waals surface area (Å²) in [5, 5.41) is 3.47. The van der Waals surface area contributed by atoms with Crippen molar-refractivity contribution in [2.24, 2.45) is 0 Å². The molecule has 1 saturated heterocycles. The fourth-order valence-electron chi connectivity index (χ4n) is 4.05. The van der Waals surface area contributed by atoms with Gasteiger partial charge in [-0.15, -0.1) is 0 Å². The second kappa shape index (κ2) is 8.79. The van der Waals surface area contributed by atoms with E-state index in [0.717, 1.165) is 32.2 Å². The number of ether oxygens (including phenoxy) is 2. The molecular formula is C24H27ClN2O4. The molecule has 0 spiro atoms. The number of carbonyl (C=O) groups excluding carboxylic acids is 2. The molecule has 164 valence electrons. The number of nitrogens with zero attached hydrogens (tertiary/aromatic N) is 1. The number of nitrogens with one attached hydrogen (secondary N) is 1. The Labute approximate surface area is 187 Å². The maximum absolute atomic E-state index is 13.2. The number of rotatable bonds is 4. The van der Waals surface area contributed by atoms with Crippen LogP contribution in [0.5, 0.6) is 11.5 Å². The Balaban J connectivity index is 1.52. The van der Waals surface area contributed by atoms with Gasteiger partial charge in [0.1, 0.15) is 11.5 Å². The van der Waals surface area contributed by atoms with Crippen molar-refractivity contribution in [3.63, 3.8) is 0 Å². The molecule has 0 aromatic heterocycles. The first-order chi connectivity index (χ1) is 14.8. The molecule has 2 aromatic carbocycles. The Kier molecular flexibility index (Phi) is 6.10. The fraction of sp³-hybridized carbons (Fsp3) is 0.417. The molecule has 2 aromatic rings. The summed E-state index contributed by atoms with van der Waals surface area (Å²) in [4.78, 5) is 28.1. The third-order valence-electron chi connectivity index (χ3n) is 5.80. The number of amides is 2. The van der Waals surface area contributed by atoms with Gasteiger partial charge in [0.2, 0.25) is 0 Å². The minimum absolute atomic E-state index is 0.0350. The van der Waals surface area contributed by atoms with E-state index in [0.29, 0.717) is 34.4 Å². The monoisotopic (exact) mass is 442 g/mol. The highest BCUT2D eigenvalue weighted by atomic mass is 35.5. The minimum Gasteiger partial charge on any atom is -0.493 e. The molecule has 0 radical (unpaired) electrons. The fourth-order valence-corrected chi connectivity index (χ4v) is 4.18. The van der Waals surface area contributed by atoms with Gasteiger partial charge in [0.25, 0.3) is 11.8 Å². The predicted octanol–water partition coefficient (Wildman–Crippen LogP) is 4.91. The standard InChI is InChI=1S/C24H27ClN2O4/c1-24(2,31-19-9-6-16(25)7-10-19)23(29)26-17-8-11-21-20(15-17)22(28)27-13-4-3-5-18(27)12-14-30-21/h6-11,15,18H,3-5,12-14H2,1-2H3,(H,26,29)/t18-/m1/s1. The molecule has 1 atom stereocenters. The van der Waals surface area contributed by atoms with Crippen molar-refractivity contribution >= 4 is 29.1 Å². The van der Waals surface area contributed by atoms with Gasteiger partial charge in [0.15, 0.2) is 5.60 Å². The van der Waals surface area contributed by atoms with Crippen LogP contribution < -0.4 is 14.8 Å². The third kappa shape index (κ3) is 4.79. The van der Waals surface area contributed by atoms with E-state index in [4.69, 9.17) is 21.1 Å². The second-order valence-corrected chi connectivity index (χ2v) is 8.95. The number of benzene rings is 2. The topological polar surface area (TPSA) is 67.9 Å². The average Bonchev–Trinajstić information content (AvgIpc) is 2.75. The molecule has 1 N–H and O–H groups in total. The van der Waals surface area contributed by atoms with Crippen LogP contribution in [0.25, 0.3) is 0 Å². The van der Waals surface area contributed by atoms with Gasteiger partial charge in [-0.25, -0.2) is 0 Å². The molecule has 0 saturated carbocycles. The van der Waals surface area contributed by atoms with Gasteiger partial charge in [-0.05, 0) is 75.6 Å². The highest BCUT2D eigenvalue weighted by Gasteiger charge is 2.33. The average molecular weight is 443 g/mol. The van der Waals surface area contributed by atoms with Crippen molar-refractivity contribution in [2.45, 2.75) is 51.2 Å². The highest BCUT2D eigenvalue weighted by molar-refractivity contribution is 6.30. The van der Waals surface area contributed by atoms with Crippen LogP contribution in [-0.2, 0) is 4.79 Å². The zero-order valence-corrected chi connectivity index (χ0v) is 18.6. The lowest BCUT2D eigenvalue weighted by molar-refractivity contribution is -0.128. The lowest BCUT2D eigenvalue weighted by Crippen LogP contribution is -2.45. The maximum atomic E-state index is 13.2. The van der Waals surface area contributed by atoms with E-state index >= 15 is 0 Å². The van der Waals surface area contributed by atoms with Crippen molar-refractivity contribution < 1.29 is 19.1 Å². The van der Waals surface area contributed by atoms with Gasteiger partial charge in [0, 0.05) is 29.7 Å². The van der Waals surface area contributed by atoms with Crippen molar-refractivity contribution in [3.8, 4) is 11.5 Å². The highest BCUT2D eigenvalue weighted by Crippen LogP contribution is 2.31. The summed E-state index contributed by atoms with van der Waals surface area (Å²) < 4.78 is 11.7. The van der Waals surface area contributed by atoms with Crippen LogP contribution in [0.15, 0.2) is 42.5 Å². The Morgan fingerprint density at radius 3 is 2.71 bits per heavy atom. The molecule has 2 aliphatic heterocycles. The maximum Gasteiger partial charge on any atom is 0.267 e. The van der Waals surface area contributed by atoms with E-state index < -0.39 is 5.60 Å². The predicted molar refractivity (Wildman–Crippen MR) is 120 cm³/mol. The van der Waals surface area contributed by atoms with Crippen LogP contribution in [0.2, 0.25) is 5.02 Å². The summed E-state index contributed by atoms with van der Waals surface area (Å²) >= 11 is 5.91. The molecule has 2 heterocycles. The van der Waals surface area contributed by atoms with E-state index in [1.54, 1.807) is 56.3 Å². The summed E-state index contributed by atoms with van der Waals surface area (Å²) in [6, 6.07) is 12.3. The number of hydrogen-bond donors (Lipinski definition) is 1. The summed E-state index contributed by atoms with van der Waals surface area (Å²) in [5.74, 6) is 0.746. The number of fused-ring (bicyclic) bond motifs is 2. The Morgan fingerprint density at radius 1 is 1.16 bits per heavy atom. The third-order valence-corrected chi connectivity index (χ3v) is 6.05. The first-order valence-corrected chi connectivity index (χ1v) is 11.1. The Morgan fingerprint density at radius 2 is 1.94 bits per heavy atom. The summed E-state index contributed by atoms with van der Waals surface area (Å²) in [7, 11) is 0. The van der Waals surface area contributed by atoms with Crippen molar-refractivity contribution in [1.29, 1.82) is 0 Å².